The van der Waals surface area contributed by atoms with E-state index >= 15 is 0 Å². The second-order valence-electron chi connectivity index (χ2n) is 4.44. The van der Waals surface area contributed by atoms with Gasteiger partial charge in [-0.2, -0.15) is 5.26 Å². The molecular weight excluding hydrogens is 270 g/mol. The van der Waals surface area contributed by atoms with Crippen molar-refractivity contribution in [1.29, 1.82) is 5.26 Å². The third-order valence-electron chi connectivity index (χ3n) is 2.69. The van der Waals surface area contributed by atoms with Gasteiger partial charge in [-0.25, -0.2) is 0 Å². The molecule has 1 amide bonds. The van der Waals surface area contributed by atoms with Gasteiger partial charge in [0, 0.05) is 12.7 Å². The summed E-state index contributed by atoms with van der Waals surface area (Å²) in [5.74, 6) is -1.87. The Morgan fingerprint density at radius 3 is 2.57 bits per heavy atom. The summed E-state index contributed by atoms with van der Waals surface area (Å²) in [6.07, 6.45) is 2.05. The van der Waals surface area contributed by atoms with Crippen LogP contribution in [0.3, 0.4) is 0 Å². The Balaban J connectivity index is 2.42. The van der Waals surface area contributed by atoms with Gasteiger partial charge in [-0.1, -0.05) is 29.8 Å². The number of hydrogen-bond donors (Lipinski definition) is 3. The van der Waals surface area contributed by atoms with Gasteiger partial charge in [0.25, 0.3) is 5.91 Å². The number of carboxylic acids is 1. The van der Waals surface area contributed by atoms with Crippen molar-refractivity contribution < 1.29 is 14.7 Å². The summed E-state index contributed by atoms with van der Waals surface area (Å²) in [6.45, 7) is 2.07. The molecule has 0 bridgehead atoms. The van der Waals surface area contributed by atoms with Crippen molar-refractivity contribution in [3.05, 3.63) is 47.2 Å². The maximum atomic E-state index is 11.5. The monoisotopic (exact) mass is 287 g/mol. The number of carbonyl (C=O) groups is 2. The summed E-state index contributed by atoms with van der Waals surface area (Å²) in [4.78, 5) is 21.8. The van der Waals surface area contributed by atoms with Gasteiger partial charge in [-0.3, -0.25) is 9.59 Å². The fraction of sp³-hybridized carbons (Fsp3) is 0.267. The van der Waals surface area contributed by atoms with Crippen LogP contribution in [-0.4, -0.2) is 30.1 Å². The summed E-state index contributed by atoms with van der Waals surface area (Å²) in [6, 6.07) is 9.80. The minimum absolute atomic E-state index is 0.153. The van der Waals surface area contributed by atoms with E-state index in [-0.39, 0.29) is 5.57 Å². The number of carbonyl (C=O) groups excluding carboxylic acids is 1. The largest absolute Gasteiger partial charge is 0.480 e. The van der Waals surface area contributed by atoms with Crippen LogP contribution in [0.5, 0.6) is 0 Å². The molecule has 1 rings (SSSR count). The molecule has 3 N–H and O–H groups in total. The smallest absolute Gasteiger partial charge is 0.322 e. The summed E-state index contributed by atoms with van der Waals surface area (Å²) < 4.78 is 0. The van der Waals surface area contributed by atoms with Crippen LogP contribution in [0, 0.1) is 18.3 Å². The molecule has 1 aromatic carbocycles. The second kappa shape index (κ2) is 8.38. The van der Waals surface area contributed by atoms with E-state index in [1.165, 1.54) is 11.8 Å². The minimum Gasteiger partial charge on any atom is -0.480 e. The Kier molecular flexibility index (Phi) is 6.48. The first-order valence-corrected chi connectivity index (χ1v) is 6.42. The number of rotatable bonds is 7. The van der Waals surface area contributed by atoms with Crippen LogP contribution in [0.1, 0.15) is 11.1 Å². The van der Waals surface area contributed by atoms with Gasteiger partial charge < -0.3 is 15.7 Å². The average molecular weight is 287 g/mol. The van der Waals surface area contributed by atoms with Crippen LogP contribution < -0.4 is 10.6 Å². The van der Waals surface area contributed by atoms with E-state index in [1.807, 2.05) is 31.2 Å². The molecule has 6 heteroatoms. The molecular formula is C15H17N3O3. The Labute approximate surface area is 123 Å². The Morgan fingerprint density at radius 2 is 2.00 bits per heavy atom. The zero-order chi connectivity index (χ0) is 15.7. The van der Waals surface area contributed by atoms with Crippen molar-refractivity contribution in [2.24, 2.45) is 0 Å². The van der Waals surface area contributed by atoms with Crippen molar-refractivity contribution in [1.82, 2.24) is 10.6 Å². The molecule has 0 aliphatic rings. The first-order valence-electron chi connectivity index (χ1n) is 6.42. The molecule has 0 aliphatic carbocycles. The Hall–Kier alpha value is -2.81. The summed E-state index contributed by atoms with van der Waals surface area (Å²) >= 11 is 0. The number of hydrogen-bond acceptors (Lipinski definition) is 4. The number of carboxylic acid groups (broad SMARTS) is 1. The number of benzene rings is 1. The Bertz CT molecular complexity index is 571. The number of aryl methyl sites for hydroxylation is 1. The van der Waals surface area contributed by atoms with Crippen LogP contribution >= 0.6 is 0 Å². The molecule has 0 spiro atoms. The topological polar surface area (TPSA) is 102 Å². The molecule has 0 atom stereocenters. The number of nitrogens with zero attached hydrogens (tertiary/aromatic N) is 1. The van der Waals surface area contributed by atoms with E-state index in [0.29, 0.717) is 6.54 Å². The van der Waals surface area contributed by atoms with E-state index < -0.39 is 18.4 Å². The van der Waals surface area contributed by atoms with E-state index in [1.54, 1.807) is 6.07 Å². The Morgan fingerprint density at radius 1 is 1.33 bits per heavy atom. The molecule has 6 nitrogen and oxygen atoms in total. The molecule has 0 aliphatic heterocycles. The molecule has 0 aromatic heterocycles. The molecule has 0 fully saturated rings. The lowest BCUT2D eigenvalue weighted by molar-refractivity contribution is -0.137. The fourth-order valence-electron chi connectivity index (χ4n) is 1.55. The highest BCUT2D eigenvalue weighted by atomic mass is 16.4. The molecule has 21 heavy (non-hydrogen) atoms. The number of aliphatic carboxylic acids is 1. The van der Waals surface area contributed by atoms with Crippen LogP contribution in [0.4, 0.5) is 0 Å². The fourth-order valence-corrected chi connectivity index (χ4v) is 1.55. The number of nitriles is 1. The predicted molar refractivity (Wildman–Crippen MR) is 77.2 cm³/mol. The molecule has 0 radical (unpaired) electrons. The van der Waals surface area contributed by atoms with Crippen molar-refractivity contribution in [2.45, 2.75) is 13.3 Å². The van der Waals surface area contributed by atoms with Crippen LogP contribution in [-0.2, 0) is 16.0 Å². The molecule has 0 heterocycles. The van der Waals surface area contributed by atoms with E-state index in [9.17, 15) is 9.59 Å². The maximum absolute atomic E-state index is 11.5. The van der Waals surface area contributed by atoms with Gasteiger partial charge in [0.1, 0.15) is 18.2 Å². The quantitative estimate of drug-likeness (QED) is 0.390. The van der Waals surface area contributed by atoms with Crippen molar-refractivity contribution >= 4 is 11.9 Å². The van der Waals surface area contributed by atoms with Gasteiger partial charge >= 0.3 is 5.97 Å². The molecule has 0 saturated carbocycles. The van der Waals surface area contributed by atoms with Crippen LogP contribution in [0.15, 0.2) is 36.0 Å². The van der Waals surface area contributed by atoms with Crippen LogP contribution in [0.2, 0.25) is 0 Å². The van der Waals surface area contributed by atoms with Crippen molar-refractivity contribution in [3.63, 3.8) is 0 Å². The molecule has 0 unspecified atom stereocenters. The minimum atomic E-state index is -1.16. The van der Waals surface area contributed by atoms with Gasteiger partial charge in [0.15, 0.2) is 0 Å². The lowest BCUT2D eigenvalue weighted by atomic mass is 10.1. The normalized spacial score (nSPS) is 10.6. The summed E-state index contributed by atoms with van der Waals surface area (Å²) in [5, 5.41) is 22.3. The summed E-state index contributed by atoms with van der Waals surface area (Å²) in [7, 11) is 0. The van der Waals surface area contributed by atoms with E-state index in [0.717, 1.165) is 12.0 Å². The molecule has 110 valence electrons. The molecule has 1 aromatic rings. The van der Waals surface area contributed by atoms with Crippen LogP contribution in [0.25, 0.3) is 0 Å². The second-order valence-corrected chi connectivity index (χ2v) is 4.44. The zero-order valence-corrected chi connectivity index (χ0v) is 11.7. The van der Waals surface area contributed by atoms with E-state index in [4.69, 9.17) is 10.4 Å². The van der Waals surface area contributed by atoms with Crippen molar-refractivity contribution in [2.75, 3.05) is 13.1 Å². The SMILES string of the molecule is Cc1ccc(CCN/C=C(/C#N)C(=O)NCC(=O)O)cc1. The highest BCUT2D eigenvalue weighted by molar-refractivity contribution is 5.98. The highest BCUT2D eigenvalue weighted by Crippen LogP contribution is 2.03. The van der Waals surface area contributed by atoms with Crippen molar-refractivity contribution in [3.8, 4) is 6.07 Å². The predicted octanol–water partition coefficient (Wildman–Crippen LogP) is 0.735. The molecule has 0 saturated heterocycles. The first kappa shape index (κ1) is 16.2. The van der Waals surface area contributed by atoms with Gasteiger partial charge in [0.05, 0.1) is 0 Å². The van der Waals surface area contributed by atoms with Gasteiger partial charge in [-0.05, 0) is 18.9 Å². The lowest BCUT2D eigenvalue weighted by Gasteiger charge is -2.04. The lowest BCUT2D eigenvalue weighted by Crippen LogP contribution is -2.30. The number of amides is 1. The number of nitrogens with one attached hydrogen (secondary N) is 2. The van der Waals surface area contributed by atoms with Gasteiger partial charge in [-0.15, -0.1) is 0 Å². The zero-order valence-electron chi connectivity index (χ0n) is 11.7. The highest BCUT2D eigenvalue weighted by Gasteiger charge is 2.09. The summed E-state index contributed by atoms with van der Waals surface area (Å²) in [5.41, 5.74) is 2.18. The third kappa shape index (κ3) is 6.25. The average Bonchev–Trinajstić information content (AvgIpc) is 2.46. The van der Waals surface area contributed by atoms with E-state index in [2.05, 4.69) is 10.6 Å². The maximum Gasteiger partial charge on any atom is 0.322 e. The van der Waals surface area contributed by atoms with Gasteiger partial charge in [0.2, 0.25) is 0 Å². The first-order chi connectivity index (χ1) is 10.0. The third-order valence-corrected chi connectivity index (χ3v) is 2.69. The standard InChI is InChI=1S/C15H17N3O3/c1-11-2-4-12(5-3-11)6-7-17-9-13(8-16)15(21)18-10-14(19)20/h2-5,9,17H,6-7,10H2,1H3,(H,18,21)(H,19,20)/b13-9-.